The van der Waals surface area contributed by atoms with Crippen LogP contribution >= 0.6 is 0 Å². The molecule has 0 aliphatic rings. The molecular weight excluding hydrogens is 542 g/mol. The van der Waals surface area contributed by atoms with Crippen molar-refractivity contribution in [1.82, 2.24) is 15.0 Å². The zero-order valence-electron chi connectivity index (χ0n) is 28.1. The van der Waals surface area contributed by atoms with Crippen LogP contribution in [0.5, 0.6) is 0 Å². The van der Waals surface area contributed by atoms with Gasteiger partial charge in [-0.25, -0.2) is 15.0 Å². The lowest BCUT2D eigenvalue weighted by Gasteiger charge is -2.08. The lowest BCUT2D eigenvalue weighted by atomic mass is 10.0. The van der Waals surface area contributed by atoms with Crippen molar-refractivity contribution in [3.63, 3.8) is 0 Å². The minimum atomic E-state index is -0.440. The van der Waals surface area contributed by atoms with E-state index in [1.165, 1.54) is 0 Å². The number of benzene rings is 6. The Balaban J connectivity index is 1.22. The van der Waals surface area contributed by atoms with Crippen molar-refractivity contribution in [2.45, 2.75) is 0 Å². The highest BCUT2D eigenvalue weighted by Gasteiger charge is 2.17. The summed E-state index contributed by atoms with van der Waals surface area (Å²) in [5.41, 5.74) is 5.33. The van der Waals surface area contributed by atoms with Gasteiger partial charge in [-0.05, 0) is 35.9 Å². The van der Waals surface area contributed by atoms with Crippen LogP contribution in [0.25, 0.3) is 89.2 Å². The fourth-order valence-corrected chi connectivity index (χ4v) is 5.73. The fourth-order valence-electron chi connectivity index (χ4n) is 5.73. The summed E-state index contributed by atoms with van der Waals surface area (Å²) < 4.78 is 54.0. The minimum Gasteiger partial charge on any atom is -0.456 e. The van der Waals surface area contributed by atoms with Gasteiger partial charge in [-0.3, -0.25) is 0 Å². The van der Waals surface area contributed by atoms with Gasteiger partial charge in [-0.1, -0.05) is 109 Å². The molecule has 5 heteroatoms. The molecule has 0 bridgehead atoms. The second kappa shape index (κ2) is 9.75. The molecule has 44 heavy (non-hydrogen) atoms. The Morgan fingerprint density at radius 2 is 1.02 bits per heavy atom. The third kappa shape index (κ3) is 3.98. The molecule has 0 aliphatic heterocycles. The molecule has 0 saturated heterocycles. The van der Waals surface area contributed by atoms with Crippen molar-refractivity contribution in [2.24, 2.45) is 0 Å². The van der Waals surface area contributed by atoms with E-state index in [2.05, 4.69) is 0 Å². The summed E-state index contributed by atoms with van der Waals surface area (Å²) in [6.07, 6.45) is 0. The second-order valence-electron chi connectivity index (χ2n) is 10.5. The fraction of sp³-hybridized carbons (Fsp3) is 0. The smallest absolute Gasteiger partial charge is 0.164 e. The highest BCUT2D eigenvalue weighted by molar-refractivity contribution is 6.10. The van der Waals surface area contributed by atoms with Crippen molar-refractivity contribution in [1.29, 1.82) is 0 Å². The zero-order chi connectivity index (χ0) is 33.4. The van der Waals surface area contributed by atoms with Crippen molar-refractivity contribution in [3.8, 4) is 45.3 Å². The molecule has 3 heterocycles. The molecule has 0 spiro atoms. The highest BCUT2D eigenvalue weighted by Crippen LogP contribution is 2.38. The summed E-state index contributed by atoms with van der Waals surface area (Å²) in [5, 5.41) is 3.61. The predicted molar refractivity (Wildman–Crippen MR) is 176 cm³/mol. The number of rotatable bonds is 4. The van der Waals surface area contributed by atoms with Gasteiger partial charge in [-0.15, -0.1) is 0 Å². The summed E-state index contributed by atoms with van der Waals surface area (Å²) in [6.45, 7) is 0. The first-order valence-electron chi connectivity index (χ1n) is 16.6. The van der Waals surface area contributed by atoms with E-state index in [0.29, 0.717) is 39.8 Å². The van der Waals surface area contributed by atoms with Crippen LogP contribution in [-0.2, 0) is 0 Å². The lowest BCUT2D eigenvalue weighted by Crippen LogP contribution is -2.00. The number of fused-ring (bicyclic) bond motifs is 6. The molecule has 0 amide bonds. The maximum absolute atomic E-state index is 8.54. The van der Waals surface area contributed by atoms with Gasteiger partial charge >= 0.3 is 0 Å². The number of hydrogen-bond acceptors (Lipinski definition) is 5. The van der Waals surface area contributed by atoms with Gasteiger partial charge in [0.15, 0.2) is 17.5 Å². The Kier molecular flexibility index (Phi) is 4.42. The molecule has 0 radical (unpaired) electrons. The molecule has 9 aromatic rings. The van der Waals surface area contributed by atoms with Gasteiger partial charge in [0, 0.05) is 43.8 Å². The highest BCUT2D eigenvalue weighted by atomic mass is 16.3. The van der Waals surface area contributed by atoms with Crippen LogP contribution in [0.15, 0.2) is 148 Å². The molecule has 0 unspecified atom stereocenters. The summed E-state index contributed by atoms with van der Waals surface area (Å²) >= 11 is 0. The van der Waals surface area contributed by atoms with E-state index in [1.54, 1.807) is 12.1 Å². The van der Waals surface area contributed by atoms with Crippen LogP contribution in [0.3, 0.4) is 0 Å². The molecule has 0 N–H and O–H groups in total. The number of para-hydroxylation sites is 2. The van der Waals surface area contributed by atoms with Crippen molar-refractivity contribution < 1.29 is 15.7 Å². The Bertz CT molecular complexity index is 2760. The number of aromatic nitrogens is 3. The predicted octanol–water partition coefficient (Wildman–Crippen LogP) is 10.3. The first kappa shape index (κ1) is 19.9. The molecule has 0 atom stereocenters. The maximum Gasteiger partial charge on any atom is 0.164 e. The number of nitrogens with zero attached hydrogens (tertiary/aromatic N) is 3. The zero-order valence-corrected chi connectivity index (χ0v) is 23.1. The summed E-state index contributed by atoms with van der Waals surface area (Å²) in [4.78, 5) is 14.7. The van der Waals surface area contributed by atoms with Gasteiger partial charge in [0.2, 0.25) is 0 Å². The first-order chi connectivity index (χ1) is 23.9. The van der Waals surface area contributed by atoms with E-state index in [9.17, 15) is 0 Å². The first-order valence-corrected chi connectivity index (χ1v) is 14.1. The summed E-state index contributed by atoms with van der Waals surface area (Å²) in [6, 6.07) is 32.9. The van der Waals surface area contributed by atoms with Crippen LogP contribution < -0.4 is 0 Å². The second-order valence-corrected chi connectivity index (χ2v) is 10.5. The quantitative estimate of drug-likeness (QED) is 0.211. The van der Waals surface area contributed by atoms with E-state index in [1.807, 2.05) is 97.1 Å². The average Bonchev–Trinajstić information content (AvgIpc) is 3.71. The van der Waals surface area contributed by atoms with Crippen LogP contribution in [0.4, 0.5) is 0 Å². The van der Waals surface area contributed by atoms with E-state index in [4.69, 9.17) is 30.6 Å². The molecule has 0 fully saturated rings. The minimum absolute atomic E-state index is 0.0897. The molecular formula is C39H23N3O2. The van der Waals surface area contributed by atoms with E-state index in [0.717, 1.165) is 43.8 Å². The molecule has 206 valence electrons. The SMILES string of the molecule is [2H]c1c([2H])c([2H])c(-c2cccc3c2oc2cc(-c4nc(-c5ccccc5)nc(-c5ccc6c(c5)oc5ccccc56)n4)ccc23)c([2H])c1[2H]. The van der Waals surface area contributed by atoms with Crippen LogP contribution in [0.1, 0.15) is 6.85 Å². The van der Waals surface area contributed by atoms with Crippen molar-refractivity contribution >= 4 is 43.9 Å². The molecule has 0 saturated carbocycles. The Hall–Kier alpha value is -6.07. The van der Waals surface area contributed by atoms with E-state index < -0.39 is 18.1 Å². The van der Waals surface area contributed by atoms with Crippen molar-refractivity contribution in [3.05, 3.63) is 139 Å². The summed E-state index contributed by atoms with van der Waals surface area (Å²) in [5.74, 6) is 1.44. The van der Waals surface area contributed by atoms with Gasteiger partial charge in [0.1, 0.15) is 22.3 Å². The van der Waals surface area contributed by atoms with Crippen LogP contribution in [0, 0.1) is 0 Å². The topological polar surface area (TPSA) is 65.0 Å². The maximum atomic E-state index is 8.54. The lowest BCUT2D eigenvalue weighted by molar-refractivity contribution is 0.669. The molecule has 0 aliphatic carbocycles. The molecule has 5 nitrogen and oxygen atoms in total. The van der Waals surface area contributed by atoms with Gasteiger partial charge in [0.25, 0.3) is 0 Å². The van der Waals surface area contributed by atoms with Crippen LogP contribution in [-0.4, -0.2) is 15.0 Å². The normalized spacial score (nSPS) is 13.2. The monoisotopic (exact) mass is 570 g/mol. The van der Waals surface area contributed by atoms with E-state index >= 15 is 0 Å². The Labute approximate surface area is 259 Å². The van der Waals surface area contributed by atoms with Gasteiger partial charge in [-0.2, -0.15) is 0 Å². The third-order valence-electron chi connectivity index (χ3n) is 7.83. The Morgan fingerprint density at radius 3 is 1.77 bits per heavy atom. The standard InChI is InChI=1S/C39H23N3O2/c1-3-10-24(11-4-1)28-15-9-16-32-31-21-19-27(23-35(31)44-36(28)32)39-41-37(25-12-5-2-6-13-25)40-38(42-39)26-18-20-30-29-14-7-8-17-33(29)43-34(30)22-26/h1-23H/i1D,3D,4D,10D,11D. The largest absolute Gasteiger partial charge is 0.456 e. The van der Waals surface area contributed by atoms with Gasteiger partial charge < -0.3 is 8.83 Å². The van der Waals surface area contributed by atoms with Crippen molar-refractivity contribution in [2.75, 3.05) is 0 Å². The molecule has 9 rings (SSSR count). The number of furan rings is 2. The average molecular weight is 571 g/mol. The Morgan fingerprint density at radius 1 is 0.432 bits per heavy atom. The molecule has 3 aromatic heterocycles. The van der Waals surface area contributed by atoms with E-state index in [-0.39, 0.29) is 17.6 Å². The summed E-state index contributed by atoms with van der Waals surface area (Å²) in [7, 11) is 0. The van der Waals surface area contributed by atoms with Gasteiger partial charge in [0.05, 0.1) is 6.85 Å². The third-order valence-corrected chi connectivity index (χ3v) is 7.83. The van der Waals surface area contributed by atoms with Crippen LogP contribution in [0.2, 0.25) is 0 Å². The number of hydrogen-bond donors (Lipinski definition) is 0. The molecule has 6 aromatic carbocycles.